The van der Waals surface area contributed by atoms with E-state index in [0.29, 0.717) is 10.6 Å². The van der Waals surface area contributed by atoms with Crippen LogP contribution in [0.25, 0.3) is 11.3 Å². The third-order valence-corrected chi connectivity index (χ3v) is 4.48. The number of ether oxygens (including phenoxy) is 1. The van der Waals surface area contributed by atoms with Crippen molar-refractivity contribution in [2.24, 2.45) is 5.73 Å². The van der Waals surface area contributed by atoms with Crippen LogP contribution < -0.4 is 15.8 Å². The van der Waals surface area contributed by atoms with E-state index in [0.717, 1.165) is 12.1 Å². The molecule has 0 saturated carbocycles. The quantitative estimate of drug-likeness (QED) is 0.585. The highest BCUT2D eigenvalue weighted by Gasteiger charge is 2.31. The van der Waals surface area contributed by atoms with E-state index in [1.54, 1.807) is 24.3 Å². The molecule has 0 radical (unpaired) electrons. The maximum Gasteiger partial charge on any atom is 0.270 e. The lowest BCUT2D eigenvalue weighted by molar-refractivity contribution is -0.128. The van der Waals surface area contributed by atoms with Crippen LogP contribution in [0.15, 0.2) is 40.8 Å². The van der Waals surface area contributed by atoms with Crippen molar-refractivity contribution in [3.63, 3.8) is 0 Å². The van der Waals surface area contributed by atoms with Gasteiger partial charge in [-0.25, -0.2) is 13.8 Å². The summed E-state index contributed by atoms with van der Waals surface area (Å²) in [6.45, 7) is 0. The van der Waals surface area contributed by atoms with E-state index < -0.39 is 40.9 Å². The minimum atomic E-state index is -1.60. The number of halogens is 4. The maximum absolute atomic E-state index is 14.5. The number of nitrogens with two attached hydrogens (primary N) is 1. The van der Waals surface area contributed by atoms with Crippen LogP contribution in [0, 0.1) is 11.6 Å². The van der Waals surface area contributed by atoms with Crippen molar-refractivity contribution in [1.82, 2.24) is 10.3 Å². The van der Waals surface area contributed by atoms with Crippen molar-refractivity contribution in [3.8, 4) is 17.0 Å². The standard InChI is InChI=1S/C19H13Cl2F2N3O4/c1-25-18(28)15(29-11-7-6-10(22)12(13(11)23)17(24)27)19-26-14(16(21)30-19)8-2-4-9(20)5-3-8/h2-7,15H,1H3,(H2,24,27)(H,25,28). The Morgan fingerprint density at radius 3 is 2.43 bits per heavy atom. The molecule has 11 heteroatoms. The van der Waals surface area contributed by atoms with Crippen molar-refractivity contribution < 1.29 is 27.5 Å². The molecule has 0 aliphatic carbocycles. The Bertz CT molecular complexity index is 1120. The van der Waals surface area contributed by atoms with Gasteiger partial charge in [-0.2, -0.15) is 0 Å². The van der Waals surface area contributed by atoms with Gasteiger partial charge in [-0.05, 0) is 35.9 Å². The number of hydrogen-bond acceptors (Lipinski definition) is 5. The van der Waals surface area contributed by atoms with Crippen LogP contribution in [0.1, 0.15) is 22.4 Å². The van der Waals surface area contributed by atoms with E-state index in [9.17, 15) is 18.4 Å². The van der Waals surface area contributed by atoms with Crippen molar-refractivity contribution in [2.75, 3.05) is 7.05 Å². The largest absolute Gasteiger partial charge is 0.468 e. The zero-order valence-corrected chi connectivity index (χ0v) is 16.7. The van der Waals surface area contributed by atoms with Crippen LogP contribution in [0.4, 0.5) is 8.78 Å². The van der Waals surface area contributed by atoms with Crippen LogP contribution in [0.3, 0.4) is 0 Å². The number of hydrogen-bond donors (Lipinski definition) is 2. The molecule has 3 rings (SSSR count). The lowest BCUT2D eigenvalue weighted by Gasteiger charge is -2.16. The van der Waals surface area contributed by atoms with Crippen molar-refractivity contribution in [3.05, 3.63) is 69.7 Å². The van der Waals surface area contributed by atoms with Gasteiger partial charge in [0.15, 0.2) is 11.6 Å². The molecule has 0 spiro atoms. The Balaban J connectivity index is 2.02. The predicted octanol–water partition coefficient (Wildman–Crippen LogP) is 3.89. The Kier molecular flexibility index (Phi) is 6.23. The number of primary amides is 1. The van der Waals surface area contributed by atoms with Gasteiger partial charge in [-0.3, -0.25) is 9.59 Å². The zero-order valence-electron chi connectivity index (χ0n) is 15.2. The Labute approximate surface area is 178 Å². The van der Waals surface area contributed by atoms with E-state index in [4.69, 9.17) is 38.1 Å². The molecular weight excluding hydrogens is 443 g/mol. The van der Waals surface area contributed by atoms with Crippen LogP contribution in [-0.2, 0) is 4.79 Å². The molecule has 0 bridgehead atoms. The number of carbonyl (C=O) groups excluding carboxylic acids is 2. The number of nitrogens with zero attached hydrogens (tertiary/aromatic N) is 1. The van der Waals surface area contributed by atoms with Gasteiger partial charge < -0.3 is 20.2 Å². The second kappa shape index (κ2) is 8.68. The summed E-state index contributed by atoms with van der Waals surface area (Å²) in [5.41, 5.74) is 4.73. The van der Waals surface area contributed by atoms with Gasteiger partial charge in [-0.15, -0.1) is 0 Å². The van der Waals surface area contributed by atoms with E-state index in [1.807, 2.05) is 0 Å². The molecule has 1 unspecified atom stereocenters. The Morgan fingerprint density at radius 2 is 1.83 bits per heavy atom. The topological polar surface area (TPSA) is 107 Å². The number of nitrogens with one attached hydrogen (secondary N) is 1. The monoisotopic (exact) mass is 455 g/mol. The molecule has 2 amide bonds. The van der Waals surface area contributed by atoms with Gasteiger partial charge in [0.25, 0.3) is 17.9 Å². The first-order valence-corrected chi connectivity index (χ1v) is 9.06. The van der Waals surface area contributed by atoms with Crippen LogP contribution in [0.2, 0.25) is 10.2 Å². The molecule has 30 heavy (non-hydrogen) atoms. The molecule has 0 aliphatic rings. The molecule has 7 nitrogen and oxygen atoms in total. The highest BCUT2D eigenvalue weighted by molar-refractivity contribution is 6.31. The summed E-state index contributed by atoms with van der Waals surface area (Å²) in [7, 11) is 1.30. The lowest BCUT2D eigenvalue weighted by Crippen LogP contribution is -2.30. The SMILES string of the molecule is CNC(=O)C(Oc1ccc(F)c(C(N)=O)c1F)c1nc(-c2ccc(Cl)cc2)c(Cl)o1. The van der Waals surface area contributed by atoms with Crippen LogP contribution in [0.5, 0.6) is 5.75 Å². The summed E-state index contributed by atoms with van der Waals surface area (Å²) >= 11 is 12.0. The molecular formula is C19H13Cl2F2N3O4. The van der Waals surface area contributed by atoms with E-state index >= 15 is 0 Å². The van der Waals surface area contributed by atoms with Crippen molar-refractivity contribution >= 4 is 35.0 Å². The summed E-state index contributed by atoms with van der Waals surface area (Å²) in [5.74, 6) is -5.55. The molecule has 3 N–H and O–H groups in total. The summed E-state index contributed by atoms with van der Waals surface area (Å²) in [5, 5.41) is 2.65. The number of rotatable bonds is 6. The number of carbonyl (C=O) groups is 2. The van der Waals surface area contributed by atoms with Gasteiger partial charge in [0.1, 0.15) is 17.1 Å². The second-order valence-corrected chi connectivity index (χ2v) is 6.67. The maximum atomic E-state index is 14.5. The minimum Gasteiger partial charge on any atom is -0.468 e. The number of likely N-dealkylation sites (N-methyl/N-ethyl adjacent to an activating group) is 1. The fourth-order valence-electron chi connectivity index (χ4n) is 2.54. The van der Waals surface area contributed by atoms with Gasteiger partial charge >= 0.3 is 0 Å². The number of aromatic nitrogens is 1. The first kappa shape index (κ1) is 21.5. The lowest BCUT2D eigenvalue weighted by atomic mass is 10.1. The molecule has 0 fully saturated rings. The Hall–Kier alpha value is -3.17. The van der Waals surface area contributed by atoms with Gasteiger partial charge in [0.05, 0.1) is 0 Å². The van der Waals surface area contributed by atoms with E-state index in [-0.39, 0.29) is 16.8 Å². The first-order chi connectivity index (χ1) is 14.2. The molecule has 156 valence electrons. The summed E-state index contributed by atoms with van der Waals surface area (Å²) in [6.07, 6.45) is -1.60. The molecule has 1 aromatic heterocycles. The molecule has 3 aromatic rings. The minimum absolute atomic E-state index is 0.151. The third kappa shape index (κ3) is 4.22. The van der Waals surface area contributed by atoms with E-state index in [2.05, 4.69) is 10.3 Å². The summed E-state index contributed by atoms with van der Waals surface area (Å²) < 4.78 is 38.9. The molecule has 0 aliphatic heterocycles. The summed E-state index contributed by atoms with van der Waals surface area (Å²) in [4.78, 5) is 27.8. The molecule has 1 heterocycles. The average molecular weight is 456 g/mol. The second-order valence-electron chi connectivity index (χ2n) is 5.89. The molecule has 2 aromatic carbocycles. The van der Waals surface area contributed by atoms with E-state index in [1.165, 1.54) is 7.05 Å². The summed E-state index contributed by atoms with van der Waals surface area (Å²) in [6, 6.07) is 8.15. The fraction of sp³-hybridized carbons (Fsp3) is 0.105. The van der Waals surface area contributed by atoms with Crippen LogP contribution >= 0.6 is 23.2 Å². The number of benzene rings is 2. The highest BCUT2D eigenvalue weighted by atomic mass is 35.5. The molecule has 1 atom stereocenters. The van der Waals surface area contributed by atoms with Crippen LogP contribution in [-0.4, -0.2) is 23.8 Å². The van der Waals surface area contributed by atoms with Gasteiger partial charge in [0, 0.05) is 17.6 Å². The van der Waals surface area contributed by atoms with Crippen molar-refractivity contribution in [1.29, 1.82) is 0 Å². The highest BCUT2D eigenvalue weighted by Crippen LogP contribution is 2.34. The number of amides is 2. The zero-order chi connectivity index (χ0) is 22.0. The predicted molar refractivity (Wildman–Crippen MR) is 104 cm³/mol. The smallest absolute Gasteiger partial charge is 0.270 e. The normalized spacial score (nSPS) is 11.8. The third-order valence-electron chi connectivity index (χ3n) is 3.98. The Morgan fingerprint density at radius 1 is 1.17 bits per heavy atom. The first-order valence-electron chi connectivity index (χ1n) is 8.31. The van der Waals surface area contributed by atoms with Crippen molar-refractivity contribution in [2.45, 2.75) is 6.10 Å². The van der Waals surface area contributed by atoms with Gasteiger partial charge in [0.2, 0.25) is 11.1 Å². The van der Waals surface area contributed by atoms with Gasteiger partial charge in [-0.1, -0.05) is 23.7 Å². The fourth-order valence-corrected chi connectivity index (χ4v) is 2.90. The molecule has 0 saturated heterocycles. The average Bonchev–Trinajstić information content (AvgIpc) is 3.08. The number of oxazole rings is 1.